The largest absolute Gasteiger partial charge is 0.376 e. The van der Waals surface area contributed by atoms with Crippen molar-refractivity contribution in [2.24, 2.45) is 0 Å². The Kier molecular flexibility index (Phi) is 7.30. The summed E-state index contributed by atoms with van der Waals surface area (Å²) >= 11 is 7.51. The van der Waals surface area contributed by atoms with Crippen molar-refractivity contribution in [3.8, 4) is 0 Å². The van der Waals surface area contributed by atoms with E-state index in [0.29, 0.717) is 12.3 Å². The molecule has 1 aromatic carbocycles. The summed E-state index contributed by atoms with van der Waals surface area (Å²) in [7, 11) is 0. The molecule has 2 aromatic rings. The SMILES string of the molecule is O=C(CSc1ccc(N2CCN(c3cccc(Cl)c3)CC2)nn1)NCC1CCCO1. The van der Waals surface area contributed by atoms with Crippen molar-refractivity contribution in [1.29, 1.82) is 0 Å². The minimum Gasteiger partial charge on any atom is -0.376 e. The van der Waals surface area contributed by atoms with Crippen molar-refractivity contribution < 1.29 is 9.53 Å². The number of aromatic nitrogens is 2. The van der Waals surface area contributed by atoms with Gasteiger partial charge in [-0.05, 0) is 43.2 Å². The number of hydrogen-bond acceptors (Lipinski definition) is 7. The molecule has 9 heteroatoms. The average molecular weight is 448 g/mol. The number of ether oxygens (including phenoxy) is 1. The summed E-state index contributed by atoms with van der Waals surface area (Å²) in [6.07, 6.45) is 2.26. The van der Waals surface area contributed by atoms with E-state index in [2.05, 4.69) is 31.4 Å². The van der Waals surface area contributed by atoms with E-state index >= 15 is 0 Å². The third-order valence-electron chi connectivity index (χ3n) is 5.31. The van der Waals surface area contributed by atoms with Gasteiger partial charge in [0.15, 0.2) is 5.82 Å². The summed E-state index contributed by atoms with van der Waals surface area (Å²) in [5.41, 5.74) is 1.15. The highest BCUT2D eigenvalue weighted by molar-refractivity contribution is 7.99. The first kappa shape index (κ1) is 21.2. The maximum Gasteiger partial charge on any atom is 0.230 e. The highest BCUT2D eigenvalue weighted by atomic mass is 35.5. The number of carbonyl (C=O) groups is 1. The molecule has 1 unspecified atom stereocenters. The number of benzene rings is 1. The maximum absolute atomic E-state index is 12.0. The predicted octanol–water partition coefficient (Wildman–Crippen LogP) is 2.84. The van der Waals surface area contributed by atoms with Gasteiger partial charge in [0.1, 0.15) is 5.03 Å². The van der Waals surface area contributed by atoms with Crippen LogP contribution in [0.15, 0.2) is 41.4 Å². The van der Waals surface area contributed by atoms with Gasteiger partial charge in [-0.2, -0.15) is 0 Å². The predicted molar refractivity (Wildman–Crippen MR) is 121 cm³/mol. The number of nitrogens with one attached hydrogen (secondary N) is 1. The first-order chi connectivity index (χ1) is 14.7. The van der Waals surface area contributed by atoms with E-state index in [1.807, 2.05) is 30.3 Å². The molecule has 1 N–H and O–H groups in total. The van der Waals surface area contributed by atoms with Crippen LogP contribution < -0.4 is 15.1 Å². The van der Waals surface area contributed by atoms with E-state index in [0.717, 1.165) is 67.2 Å². The van der Waals surface area contributed by atoms with E-state index in [1.165, 1.54) is 11.8 Å². The van der Waals surface area contributed by atoms with Crippen molar-refractivity contribution in [3.05, 3.63) is 41.4 Å². The van der Waals surface area contributed by atoms with Crippen molar-refractivity contribution in [2.45, 2.75) is 24.0 Å². The maximum atomic E-state index is 12.0. The zero-order chi connectivity index (χ0) is 20.8. The van der Waals surface area contributed by atoms with E-state index in [9.17, 15) is 4.79 Å². The van der Waals surface area contributed by atoms with Gasteiger partial charge in [0, 0.05) is 50.0 Å². The highest BCUT2D eigenvalue weighted by Gasteiger charge is 2.19. The minimum atomic E-state index is -0.00138. The molecule has 0 saturated carbocycles. The second kappa shape index (κ2) is 10.3. The molecule has 2 aliphatic heterocycles. The Morgan fingerprint density at radius 3 is 2.70 bits per heavy atom. The van der Waals surface area contributed by atoms with E-state index in [4.69, 9.17) is 16.3 Å². The van der Waals surface area contributed by atoms with Crippen LogP contribution in [0.2, 0.25) is 5.02 Å². The van der Waals surface area contributed by atoms with Gasteiger partial charge in [-0.1, -0.05) is 29.4 Å². The number of piperazine rings is 1. The Hall–Kier alpha value is -2.03. The lowest BCUT2D eigenvalue weighted by molar-refractivity contribution is -0.119. The number of thioether (sulfide) groups is 1. The van der Waals surface area contributed by atoms with Gasteiger partial charge in [-0.25, -0.2) is 0 Å². The summed E-state index contributed by atoms with van der Waals surface area (Å²) in [5.74, 6) is 1.20. The zero-order valence-corrected chi connectivity index (χ0v) is 18.4. The van der Waals surface area contributed by atoms with Crippen molar-refractivity contribution in [3.63, 3.8) is 0 Å². The number of rotatable bonds is 7. The first-order valence-corrected chi connectivity index (χ1v) is 11.6. The molecule has 0 radical (unpaired) electrons. The van der Waals surface area contributed by atoms with Crippen LogP contribution in [0.4, 0.5) is 11.5 Å². The number of halogens is 1. The van der Waals surface area contributed by atoms with Crippen LogP contribution in [0, 0.1) is 0 Å². The summed E-state index contributed by atoms with van der Waals surface area (Å²) in [6.45, 7) is 4.95. The molecule has 7 nitrogen and oxygen atoms in total. The Bertz CT molecular complexity index is 840. The van der Waals surface area contributed by atoms with E-state index in [-0.39, 0.29) is 12.0 Å². The Labute approximate surface area is 186 Å². The fourth-order valence-electron chi connectivity index (χ4n) is 3.65. The summed E-state index contributed by atoms with van der Waals surface area (Å²) < 4.78 is 5.52. The van der Waals surface area contributed by atoms with Crippen molar-refractivity contribution in [1.82, 2.24) is 15.5 Å². The van der Waals surface area contributed by atoms with Crippen LogP contribution in [0.1, 0.15) is 12.8 Å². The zero-order valence-electron chi connectivity index (χ0n) is 16.8. The number of hydrogen-bond donors (Lipinski definition) is 1. The van der Waals surface area contributed by atoms with E-state index in [1.54, 1.807) is 0 Å². The average Bonchev–Trinajstić information content (AvgIpc) is 3.31. The van der Waals surface area contributed by atoms with Crippen LogP contribution in [0.25, 0.3) is 0 Å². The standard InChI is InChI=1S/C21H26ClN5O2S/c22-16-3-1-4-17(13-16)26-8-10-27(11-9-26)19-6-7-21(25-24-19)30-15-20(28)23-14-18-5-2-12-29-18/h1,3-4,6-7,13,18H,2,5,8-12,14-15H2,(H,23,28). The van der Waals surface area contributed by atoms with Gasteiger partial charge in [0.05, 0.1) is 11.9 Å². The van der Waals surface area contributed by atoms with Crippen LogP contribution in [-0.4, -0.2) is 67.3 Å². The normalized spacial score (nSPS) is 19.2. The molecule has 2 fully saturated rings. The number of anilines is 2. The lowest BCUT2D eigenvalue weighted by Gasteiger charge is -2.36. The van der Waals surface area contributed by atoms with Gasteiger partial charge >= 0.3 is 0 Å². The lowest BCUT2D eigenvalue weighted by Crippen LogP contribution is -2.46. The molecule has 1 aromatic heterocycles. The second-order valence-corrected chi connectivity index (χ2v) is 8.84. The molecule has 4 rings (SSSR count). The van der Waals surface area contributed by atoms with Gasteiger partial charge in [-0.3, -0.25) is 4.79 Å². The molecule has 0 bridgehead atoms. The van der Waals surface area contributed by atoms with Gasteiger partial charge in [-0.15, -0.1) is 10.2 Å². The van der Waals surface area contributed by atoms with Crippen LogP contribution >= 0.6 is 23.4 Å². The summed E-state index contributed by atoms with van der Waals surface area (Å²) in [4.78, 5) is 16.6. The van der Waals surface area contributed by atoms with Crippen LogP contribution in [0.5, 0.6) is 0 Å². The molecule has 3 heterocycles. The summed E-state index contributed by atoms with van der Waals surface area (Å²) in [6, 6.07) is 11.9. The molecule has 0 aliphatic carbocycles. The monoisotopic (exact) mass is 447 g/mol. The van der Waals surface area contributed by atoms with Crippen LogP contribution in [-0.2, 0) is 9.53 Å². The third-order valence-corrected chi connectivity index (χ3v) is 6.46. The fraction of sp³-hybridized carbons (Fsp3) is 0.476. The number of nitrogens with zero attached hydrogens (tertiary/aromatic N) is 4. The molecule has 30 heavy (non-hydrogen) atoms. The van der Waals surface area contributed by atoms with Crippen molar-refractivity contribution >= 4 is 40.8 Å². The third kappa shape index (κ3) is 5.77. The summed E-state index contributed by atoms with van der Waals surface area (Å²) in [5, 5.41) is 13.1. The lowest BCUT2D eigenvalue weighted by atomic mass is 10.2. The highest BCUT2D eigenvalue weighted by Crippen LogP contribution is 2.23. The van der Waals surface area contributed by atoms with Gasteiger partial charge in [0.25, 0.3) is 0 Å². The molecule has 1 amide bonds. The van der Waals surface area contributed by atoms with Gasteiger partial charge < -0.3 is 19.9 Å². The first-order valence-electron chi connectivity index (χ1n) is 10.3. The van der Waals surface area contributed by atoms with Crippen molar-refractivity contribution in [2.75, 3.05) is 54.9 Å². The van der Waals surface area contributed by atoms with Gasteiger partial charge in [0.2, 0.25) is 5.91 Å². The fourth-order valence-corrected chi connectivity index (χ4v) is 4.48. The molecule has 2 saturated heterocycles. The molecular weight excluding hydrogens is 422 g/mol. The van der Waals surface area contributed by atoms with E-state index < -0.39 is 0 Å². The Balaban J connectivity index is 1.21. The molecular formula is C21H26ClN5O2S. The number of amides is 1. The molecule has 160 valence electrons. The quantitative estimate of drug-likeness (QED) is 0.654. The Morgan fingerprint density at radius 2 is 2.00 bits per heavy atom. The smallest absolute Gasteiger partial charge is 0.230 e. The Morgan fingerprint density at radius 1 is 1.17 bits per heavy atom. The minimum absolute atomic E-state index is 0.00138. The number of carbonyl (C=O) groups excluding carboxylic acids is 1. The molecule has 1 atom stereocenters. The molecule has 2 aliphatic rings. The van der Waals surface area contributed by atoms with Crippen LogP contribution in [0.3, 0.4) is 0 Å². The molecule has 0 spiro atoms. The second-order valence-electron chi connectivity index (χ2n) is 7.41. The topological polar surface area (TPSA) is 70.6 Å².